The van der Waals surface area contributed by atoms with Crippen LogP contribution in [0.4, 0.5) is 0 Å². The highest BCUT2D eigenvalue weighted by atomic mass is 35.5. The number of rotatable bonds is 0. The number of ether oxygens (including phenoxy) is 1. The van der Waals surface area contributed by atoms with E-state index >= 15 is 0 Å². The second-order valence-corrected chi connectivity index (χ2v) is 4.77. The maximum Gasteiger partial charge on any atom is 0.141 e. The first kappa shape index (κ1) is 8.60. The summed E-state index contributed by atoms with van der Waals surface area (Å²) in [6.07, 6.45) is 6.01. The third kappa shape index (κ3) is 1.15. The maximum atomic E-state index is 6.13. The number of benzene rings is 1. The van der Waals surface area contributed by atoms with Gasteiger partial charge in [0.15, 0.2) is 0 Å². The first-order valence-corrected chi connectivity index (χ1v) is 5.63. The molecule has 0 atom stereocenters. The van der Waals surface area contributed by atoms with Crippen LogP contribution in [0, 0.1) is 0 Å². The summed E-state index contributed by atoms with van der Waals surface area (Å²) in [7, 11) is 0. The van der Waals surface area contributed by atoms with Crippen LogP contribution in [-0.2, 0) is 6.42 Å². The molecule has 0 unspecified atom stereocenters. The lowest BCUT2D eigenvalue weighted by atomic mass is 9.74. The van der Waals surface area contributed by atoms with Crippen LogP contribution in [0.3, 0.4) is 0 Å². The summed E-state index contributed by atoms with van der Waals surface area (Å²) in [5.74, 6) is 0.945. The normalized spacial score (nSPS) is 22.4. The molecule has 14 heavy (non-hydrogen) atoms. The highest BCUT2D eigenvalue weighted by Crippen LogP contribution is 2.46. The monoisotopic (exact) mass is 208 g/mol. The number of fused-ring (bicyclic) bond motifs is 1. The van der Waals surface area contributed by atoms with Crippen molar-refractivity contribution < 1.29 is 4.74 Å². The van der Waals surface area contributed by atoms with Crippen molar-refractivity contribution >= 4 is 11.6 Å². The van der Waals surface area contributed by atoms with E-state index in [9.17, 15) is 0 Å². The molecule has 1 heterocycles. The zero-order valence-corrected chi connectivity index (χ0v) is 8.81. The maximum absolute atomic E-state index is 6.13. The molecule has 1 nitrogen and oxygen atoms in total. The molecule has 1 fully saturated rings. The molecular weight excluding hydrogens is 196 g/mol. The fraction of sp³-hybridized carbons (Fsp3) is 0.500. The van der Waals surface area contributed by atoms with E-state index in [1.54, 1.807) is 0 Å². The van der Waals surface area contributed by atoms with Gasteiger partial charge in [0.05, 0.1) is 5.02 Å². The minimum absolute atomic E-state index is 0.151. The lowest BCUT2D eigenvalue weighted by Gasteiger charge is -2.45. The van der Waals surface area contributed by atoms with Gasteiger partial charge >= 0.3 is 0 Å². The Labute approximate surface area is 89.0 Å². The molecule has 2 aliphatic rings. The van der Waals surface area contributed by atoms with Crippen molar-refractivity contribution in [2.75, 3.05) is 0 Å². The number of aryl methyl sites for hydroxylation is 1. The first-order valence-electron chi connectivity index (χ1n) is 5.26. The smallest absolute Gasteiger partial charge is 0.141 e. The standard InChI is InChI=1S/C12H13ClO/c13-10-4-1-3-9-5-8-12(6-2-7-12)14-11(9)10/h1,3-4H,2,5-8H2. The molecule has 0 aromatic heterocycles. The lowest BCUT2D eigenvalue weighted by molar-refractivity contribution is -0.0248. The summed E-state index contributed by atoms with van der Waals surface area (Å²) in [6, 6.07) is 6.04. The third-order valence-corrected chi connectivity index (χ3v) is 3.78. The van der Waals surface area contributed by atoms with E-state index in [2.05, 4.69) is 6.07 Å². The van der Waals surface area contributed by atoms with E-state index in [1.807, 2.05) is 12.1 Å². The van der Waals surface area contributed by atoms with Gasteiger partial charge in [-0.2, -0.15) is 0 Å². The van der Waals surface area contributed by atoms with E-state index in [0.717, 1.165) is 17.2 Å². The number of hydrogen-bond donors (Lipinski definition) is 0. The molecule has 0 N–H and O–H groups in total. The van der Waals surface area contributed by atoms with Crippen LogP contribution in [0.25, 0.3) is 0 Å². The summed E-state index contributed by atoms with van der Waals surface area (Å²) < 4.78 is 6.05. The summed E-state index contributed by atoms with van der Waals surface area (Å²) in [5.41, 5.74) is 1.42. The predicted octanol–water partition coefficient (Wildman–Crippen LogP) is 3.59. The third-order valence-electron chi connectivity index (χ3n) is 3.48. The zero-order chi connectivity index (χ0) is 9.60. The molecular formula is C12H13ClO. The van der Waals surface area contributed by atoms with Crippen molar-refractivity contribution in [1.29, 1.82) is 0 Å². The Bertz CT molecular complexity index is 369. The quantitative estimate of drug-likeness (QED) is 0.633. The van der Waals surface area contributed by atoms with Crippen molar-refractivity contribution in [3.63, 3.8) is 0 Å². The lowest BCUT2D eigenvalue weighted by Crippen LogP contribution is -2.45. The van der Waals surface area contributed by atoms with Crippen LogP contribution < -0.4 is 4.74 Å². The highest BCUT2D eigenvalue weighted by molar-refractivity contribution is 6.32. The number of para-hydroxylation sites is 1. The molecule has 1 saturated carbocycles. The van der Waals surface area contributed by atoms with E-state index in [0.29, 0.717) is 0 Å². The molecule has 1 spiro atoms. The summed E-state index contributed by atoms with van der Waals surface area (Å²) in [4.78, 5) is 0. The van der Waals surface area contributed by atoms with Gasteiger partial charge in [0, 0.05) is 0 Å². The fourth-order valence-electron chi connectivity index (χ4n) is 2.42. The van der Waals surface area contributed by atoms with Gasteiger partial charge in [0.1, 0.15) is 11.4 Å². The van der Waals surface area contributed by atoms with Crippen LogP contribution in [0.1, 0.15) is 31.2 Å². The number of halogens is 1. The summed E-state index contributed by atoms with van der Waals surface area (Å²) in [5, 5.41) is 0.772. The Morgan fingerprint density at radius 2 is 2.07 bits per heavy atom. The van der Waals surface area contributed by atoms with Gasteiger partial charge < -0.3 is 4.74 Å². The van der Waals surface area contributed by atoms with Gasteiger partial charge in [-0.3, -0.25) is 0 Å². The minimum Gasteiger partial charge on any atom is -0.485 e. The second-order valence-electron chi connectivity index (χ2n) is 4.37. The topological polar surface area (TPSA) is 9.23 Å². The van der Waals surface area contributed by atoms with Crippen LogP contribution in [0.2, 0.25) is 5.02 Å². The SMILES string of the molecule is Clc1cccc2c1OC1(CCC1)CC2. The number of hydrogen-bond acceptors (Lipinski definition) is 1. The molecule has 1 aromatic rings. The van der Waals surface area contributed by atoms with Gasteiger partial charge in [-0.25, -0.2) is 0 Å². The fourth-order valence-corrected chi connectivity index (χ4v) is 2.65. The first-order chi connectivity index (χ1) is 6.79. The average molecular weight is 209 g/mol. The van der Waals surface area contributed by atoms with Gasteiger partial charge in [0.2, 0.25) is 0 Å². The van der Waals surface area contributed by atoms with E-state index < -0.39 is 0 Å². The molecule has 3 rings (SSSR count). The van der Waals surface area contributed by atoms with E-state index in [-0.39, 0.29) is 5.60 Å². The second kappa shape index (κ2) is 2.90. The van der Waals surface area contributed by atoms with Crippen LogP contribution in [0.5, 0.6) is 5.75 Å². The molecule has 0 saturated heterocycles. The van der Waals surface area contributed by atoms with E-state index in [1.165, 1.54) is 31.2 Å². The Hall–Kier alpha value is -0.690. The van der Waals surface area contributed by atoms with Crippen molar-refractivity contribution in [3.8, 4) is 5.75 Å². The minimum atomic E-state index is 0.151. The van der Waals surface area contributed by atoms with Crippen LogP contribution in [0.15, 0.2) is 18.2 Å². The summed E-state index contributed by atoms with van der Waals surface area (Å²) >= 11 is 6.13. The van der Waals surface area contributed by atoms with Crippen molar-refractivity contribution in [2.24, 2.45) is 0 Å². The molecule has 1 aliphatic heterocycles. The van der Waals surface area contributed by atoms with Gasteiger partial charge in [-0.15, -0.1) is 0 Å². The molecule has 2 heteroatoms. The Morgan fingerprint density at radius 3 is 2.79 bits per heavy atom. The van der Waals surface area contributed by atoms with Gasteiger partial charge in [-0.1, -0.05) is 23.7 Å². The zero-order valence-electron chi connectivity index (χ0n) is 8.05. The van der Waals surface area contributed by atoms with E-state index in [4.69, 9.17) is 16.3 Å². The van der Waals surface area contributed by atoms with Crippen molar-refractivity contribution in [3.05, 3.63) is 28.8 Å². The van der Waals surface area contributed by atoms with Crippen LogP contribution >= 0.6 is 11.6 Å². The average Bonchev–Trinajstić information content (AvgIpc) is 2.16. The highest BCUT2D eigenvalue weighted by Gasteiger charge is 2.42. The Morgan fingerprint density at radius 1 is 1.21 bits per heavy atom. The van der Waals surface area contributed by atoms with Gasteiger partial charge in [0.25, 0.3) is 0 Å². The molecule has 0 amide bonds. The van der Waals surface area contributed by atoms with Gasteiger partial charge in [-0.05, 0) is 43.7 Å². The Kier molecular flexibility index (Phi) is 1.78. The molecule has 0 radical (unpaired) electrons. The van der Waals surface area contributed by atoms with Crippen molar-refractivity contribution in [2.45, 2.75) is 37.7 Å². The molecule has 0 bridgehead atoms. The van der Waals surface area contributed by atoms with Crippen molar-refractivity contribution in [1.82, 2.24) is 0 Å². The largest absolute Gasteiger partial charge is 0.485 e. The molecule has 1 aliphatic carbocycles. The molecule has 74 valence electrons. The Balaban J connectivity index is 2.00. The molecule has 1 aromatic carbocycles. The summed E-state index contributed by atoms with van der Waals surface area (Å²) in [6.45, 7) is 0. The van der Waals surface area contributed by atoms with Crippen LogP contribution in [-0.4, -0.2) is 5.60 Å². The predicted molar refractivity (Wildman–Crippen MR) is 57.0 cm³/mol.